The molecule has 0 aliphatic carbocycles. The van der Waals surface area contributed by atoms with Gasteiger partial charge in [0.25, 0.3) is 5.91 Å². The SMILES string of the molecule is CC(O)CNc1ccc(C#N)c(Cl)c1.O=CNNC(=O)c1ccc(Br)cc1. The maximum absolute atomic E-state index is 11.2. The Bertz CT molecular complexity index is 807. The van der Waals surface area contributed by atoms with Crippen molar-refractivity contribution in [3.63, 3.8) is 0 Å². The number of carbonyl (C=O) groups is 2. The van der Waals surface area contributed by atoms with Crippen molar-refractivity contribution in [3.05, 3.63) is 63.1 Å². The first-order chi connectivity index (χ1) is 12.9. The minimum Gasteiger partial charge on any atom is -0.392 e. The van der Waals surface area contributed by atoms with E-state index in [1.54, 1.807) is 49.4 Å². The lowest BCUT2D eigenvalue weighted by Crippen LogP contribution is -2.36. The Kier molecular flexibility index (Phi) is 9.90. The molecule has 0 fully saturated rings. The van der Waals surface area contributed by atoms with Crippen LogP contribution in [0, 0.1) is 11.3 Å². The molecule has 1 atom stereocenters. The lowest BCUT2D eigenvalue weighted by Gasteiger charge is -2.08. The molecular formula is C18H18BrClN4O3. The third-order valence-corrected chi connectivity index (χ3v) is 3.88. The second-order valence-electron chi connectivity index (χ2n) is 5.26. The summed E-state index contributed by atoms with van der Waals surface area (Å²) in [5.41, 5.74) is 6.00. The zero-order valence-electron chi connectivity index (χ0n) is 14.4. The number of amides is 2. The molecule has 7 nitrogen and oxygen atoms in total. The summed E-state index contributed by atoms with van der Waals surface area (Å²) < 4.78 is 0.896. The summed E-state index contributed by atoms with van der Waals surface area (Å²) in [6, 6.07) is 13.8. The van der Waals surface area contributed by atoms with Crippen LogP contribution < -0.4 is 16.2 Å². The first kappa shape index (κ1) is 22.4. The molecule has 0 heterocycles. The quantitative estimate of drug-likeness (QED) is 0.397. The maximum Gasteiger partial charge on any atom is 0.269 e. The number of nitrogens with zero attached hydrogens (tertiary/aromatic N) is 1. The highest BCUT2D eigenvalue weighted by molar-refractivity contribution is 9.10. The van der Waals surface area contributed by atoms with Crippen molar-refractivity contribution >= 4 is 45.5 Å². The summed E-state index contributed by atoms with van der Waals surface area (Å²) in [6.45, 7) is 2.15. The minimum atomic E-state index is -0.413. The Labute approximate surface area is 170 Å². The van der Waals surface area contributed by atoms with Crippen LogP contribution in [0.2, 0.25) is 5.02 Å². The third-order valence-electron chi connectivity index (χ3n) is 3.04. The molecule has 0 aromatic heterocycles. The number of nitriles is 1. The van der Waals surface area contributed by atoms with Gasteiger partial charge in [-0.1, -0.05) is 27.5 Å². The fourth-order valence-electron chi connectivity index (χ4n) is 1.75. The number of hydrazine groups is 1. The van der Waals surface area contributed by atoms with E-state index >= 15 is 0 Å². The summed E-state index contributed by atoms with van der Waals surface area (Å²) in [6.07, 6.45) is -0.0130. The van der Waals surface area contributed by atoms with Gasteiger partial charge >= 0.3 is 0 Å². The number of hydrogen-bond donors (Lipinski definition) is 4. The van der Waals surface area contributed by atoms with Gasteiger partial charge in [-0.15, -0.1) is 0 Å². The van der Waals surface area contributed by atoms with Crippen molar-refractivity contribution in [3.8, 4) is 6.07 Å². The second kappa shape index (κ2) is 11.9. The molecule has 2 amide bonds. The zero-order valence-corrected chi connectivity index (χ0v) is 16.7. The molecule has 0 aliphatic rings. The van der Waals surface area contributed by atoms with Crippen molar-refractivity contribution in [1.29, 1.82) is 5.26 Å². The van der Waals surface area contributed by atoms with E-state index in [1.165, 1.54) is 0 Å². The number of rotatable bonds is 6. The van der Waals surface area contributed by atoms with Crippen molar-refractivity contribution in [2.24, 2.45) is 0 Å². The van der Waals surface area contributed by atoms with E-state index in [0.717, 1.165) is 10.2 Å². The molecule has 27 heavy (non-hydrogen) atoms. The summed E-state index contributed by atoms with van der Waals surface area (Å²) in [7, 11) is 0. The number of benzene rings is 2. The van der Waals surface area contributed by atoms with Crippen LogP contribution in [-0.2, 0) is 4.79 Å². The van der Waals surface area contributed by atoms with Gasteiger partial charge < -0.3 is 10.4 Å². The van der Waals surface area contributed by atoms with Crippen LogP contribution >= 0.6 is 27.5 Å². The van der Waals surface area contributed by atoms with Gasteiger partial charge in [-0.3, -0.25) is 20.4 Å². The molecule has 0 saturated heterocycles. The number of hydrogen-bond acceptors (Lipinski definition) is 5. The van der Waals surface area contributed by atoms with E-state index < -0.39 is 6.10 Å². The van der Waals surface area contributed by atoms with Crippen molar-refractivity contribution in [2.45, 2.75) is 13.0 Å². The van der Waals surface area contributed by atoms with Crippen LogP contribution in [0.5, 0.6) is 0 Å². The summed E-state index contributed by atoms with van der Waals surface area (Å²) in [5.74, 6) is -0.348. The molecule has 2 aromatic rings. The molecule has 2 rings (SSSR count). The normalized spacial score (nSPS) is 10.5. The van der Waals surface area contributed by atoms with Crippen molar-refractivity contribution < 1.29 is 14.7 Å². The monoisotopic (exact) mass is 452 g/mol. The molecule has 0 radical (unpaired) electrons. The molecule has 0 bridgehead atoms. The highest BCUT2D eigenvalue weighted by Gasteiger charge is 2.03. The lowest BCUT2D eigenvalue weighted by molar-refractivity contribution is -0.110. The van der Waals surface area contributed by atoms with E-state index in [1.807, 2.05) is 6.07 Å². The number of aliphatic hydroxyl groups is 1. The van der Waals surface area contributed by atoms with Gasteiger partial charge in [-0.25, -0.2) is 0 Å². The Morgan fingerprint density at radius 2 is 2.00 bits per heavy atom. The Balaban J connectivity index is 0.000000271. The van der Waals surface area contributed by atoms with Crippen molar-refractivity contribution in [1.82, 2.24) is 10.9 Å². The maximum atomic E-state index is 11.2. The van der Waals surface area contributed by atoms with Gasteiger partial charge in [0, 0.05) is 22.3 Å². The van der Waals surface area contributed by atoms with E-state index in [-0.39, 0.29) is 5.91 Å². The molecule has 1 unspecified atom stereocenters. The predicted molar refractivity (Wildman–Crippen MR) is 107 cm³/mol. The van der Waals surface area contributed by atoms with Gasteiger partial charge in [0.2, 0.25) is 6.41 Å². The molecule has 4 N–H and O–H groups in total. The van der Waals surface area contributed by atoms with Crippen LogP contribution in [0.1, 0.15) is 22.8 Å². The van der Waals surface area contributed by atoms with Gasteiger partial charge in [0.15, 0.2) is 0 Å². The highest BCUT2D eigenvalue weighted by Crippen LogP contribution is 2.20. The summed E-state index contributed by atoms with van der Waals surface area (Å²) in [4.78, 5) is 21.0. The molecular weight excluding hydrogens is 436 g/mol. The molecule has 142 valence electrons. The molecule has 9 heteroatoms. The molecule has 2 aromatic carbocycles. The Morgan fingerprint density at radius 3 is 2.52 bits per heavy atom. The van der Waals surface area contributed by atoms with Gasteiger partial charge in [-0.05, 0) is 49.4 Å². The molecule has 0 spiro atoms. The summed E-state index contributed by atoms with van der Waals surface area (Å²) in [5, 5.41) is 21.1. The first-order valence-corrected chi connectivity index (χ1v) is 8.91. The van der Waals surface area contributed by atoms with Crippen LogP contribution in [0.15, 0.2) is 46.9 Å². The molecule has 0 saturated carbocycles. The largest absolute Gasteiger partial charge is 0.392 e. The Hall–Kier alpha value is -2.60. The molecule has 0 aliphatic heterocycles. The van der Waals surface area contributed by atoms with Crippen LogP contribution in [-0.4, -0.2) is 30.1 Å². The number of carbonyl (C=O) groups excluding carboxylic acids is 2. The number of aliphatic hydroxyl groups excluding tert-OH is 1. The predicted octanol–water partition coefficient (Wildman–Crippen LogP) is 2.84. The lowest BCUT2D eigenvalue weighted by atomic mass is 10.2. The number of anilines is 1. The number of halogens is 2. The van der Waals surface area contributed by atoms with Gasteiger partial charge in [0.1, 0.15) is 6.07 Å². The highest BCUT2D eigenvalue weighted by atomic mass is 79.9. The standard InChI is InChI=1S/C10H11ClN2O.C8H7BrN2O2/c1-7(14)6-13-9-3-2-8(5-12)10(11)4-9;9-7-3-1-6(2-4-7)8(13)11-10-5-12/h2-4,7,13-14H,6H2,1H3;1-5H,(H,10,12)(H,11,13). The summed E-state index contributed by atoms with van der Waals surface area (Å²) >= 11 is 9.06. The van der Waals surface area contributed by atoms with Gasteiger partial charge in [0.05, 0.1) is 16.7 Å². The van der Waals surface area contributed by atoms with Gasteiger partial charge in [-0.2, -0.15) is 5.26 Å². The fraction of sp³-hybridized carbons (Fsp3) is 0.167. The average Bonchev–Trinajstić information content (AvgIpc) is 2.65. The first-order valence-electron chi connectivity index (χ1n) is 7.74. The third kappa shape index (κ3) is 8.55. The van der Waals surface area contributed by atoms with E-state index in [0.29, 0.717) is 29.1 Å². The van der Waals surface area contributed by atoms with Crippen LogP contribution in [0.25, 0.3) is 0 Å². The second-order valence-corrected chi connectivity index (χ2v) is 6.58. The van der Waals surface area contributed by atoms with E-state index in [4.69, 9.17) is 22.0 Å². The van der Waals surface area contributed by atoms with Crippen LogP contribution in [0.4, 0.5) is 5.69 Å². The topological polar surface area (TPSA) is 114 Å². The number of nitrogens with one attached hydrogen (secondary N) is 3. The zero-order chi connectivity index (χ0) is 20.2. The fourth-order valence-corrected chi connectivity index (χ4v) is 2.24. The van der Waals surface area contributed by atoms with E-state index in [2.05, 4.69) is 32.1 Å². The van der Waals surface area contributed by atoms with E-state index in [9.17, 15) is 9.59 Å². The van der Waals surface area contributed by atoms with Crippen molar-refractivity contribution in [2.75, 3.05) is 11.9 Å². The Morgan fingerprint density at radius 1 is 1.33 bits per heavy atom. The smallest absolute Gasteiger partial charge is 0.269 e. The average molecular weight is 454 g/mol. The van der Waals surface area contributed by atoms with Crippen LogP contribution in [0.3, 0.4) is 0 Å². The minimum absolute atomic E-state index is 0.348.